The number of anilines is 2. The maximum atomic E-state index is 12.2. The Labute approximate surface area is 133 Å². The van der Waals surface area contributed by atoms with E-state index in [0.717, 1.165) is 37.3 Å². The van der Waals surface area contributed by atoms with Crippen LogP contribution < -0.4 is 10.6 Å². The van der Waals surface area contributed by atoms with Crippen molar-refractivity contribution in [2.75, 3.05) is 30.3 Å². The van der Waals surface area contributed by atoms with Crippen LogP contribution >= 0.6 is 0 Å². The molecule has 0 atom stereocenters. The lowest BCUT2D eigenvalue weighted by molar-refractivity contribution is -0.128. The third kappa shape index (κ3) is 3.93. The number of carbonyl (C=O) groups excluding carboxylic acids is 1. The van der Waals surface area contributed by atoms with E-state index in [0.29, 0.717) is 12.6 Å². The second kappa shape index (κ2) is 7.52. The zero-order valence-corrected chi connectivity index (χ0v) is 13.3. The van der Waals surface area contributed by atoms with Crippen LogP contribution in [0.4, 0.5) is 11.4 Å². The molecule has 4 nitrogen and oxygen atoms in total. The van der Waals surface area contributed by atoms with Crippen LogP contribution in [0.1, 0.15) is 44.9 Å². The molecule has 2 N–H and O–H groups in total. The highest BCUT2D eigenvalue weighted by atomic mass is 16.2. The topological polar surface area (TPSA) is 44.4 Å². The van der Waals surface area contributed by atoms with Gasteiger partial charge in [-0.25, -0.2) is 0 Å². The summed E-state index contributed by atoms with van der Waals surface area (Å²) in [5.74, 6) is 0.213. The van der Waals surface area contributed by atoms with Gasteiger partial charge in [0.2, 0.25) is 5.91 Å². The average molecular weight is 301 g/mol. The Balaban J connectivity index is 1.57. The molecule has 0 unspecified atom stereocenters. The third-order valence-corrected chi connectivity index (χ3v) is 4.78. The Morgan fingerprint density at radius 3 is 2.41 bits per heavy atom. The molecule has 2 fully saturated rings. The molecule has 1 aliphatic heterocycles. The summed E-state index contributed by atoms with van der Waals surface area (Å²) in [4.78, 5) is 14.1. The van der Waals surface area contributed by atoms with Crippen molar-refractivity contribution in [1.82, 2.24) is 4.90 Å². The second-order valence-electron chi connectivity index (χ2n) is 6.47. The van der Waals surface area contributed by atoms with E-state index in [9.17, 15) is 4.79 Å². The number of rotatable bonds is 5. The molecule has 1 amide bonds. The molecule has 0 bridgehead atoms. The summed E-state index contributed by atoms with van der Waals surface area (Å²) in [5.41, 5.74) is 2.17. The summed E-state index contributed by atoms with van der Waals surface area (Å²) in [6.07, 6.45) is 8.79. The van der Waals surface area contributed by atoms with E-state index in [-0.39, 0.29) is 5.91 Å². The van der Waals surface area contributed by atoms with Crippen LogP contribution in [0.2, 0.25) is 0 Å². The molecule has 1 aromatic carbocycles. The van der Waals surface area contributed by atoms with E-state index >= 15 is 0 Å². The number of hydrogen-bond acceptors (Lipinski definition) is 3. The maximum absolute atomic E-state index is 12.2. The number of amides is 1. The van der Waals surface area contributed by atoms with Gasteiger partial charge in [0.1, 0.15) is 0 Å². The number of hydrogen-bond donors (Lipinski definition) is 2. The van der Waals surface area contributed by atoms with Gasteiger partial charge in [-0.05, 0) is 37.8 Å². The van der Waals surface area contributed by atoms with Gasteiger partial charge in [-0.1, -0.05) is 31.4 Å². The Morgan fingerprint density at radius 2 is 1.68 bits per heavy atom. The van der Waals surface area contributed by atoms with Gasteiger partial charge in [-0.2, -0.15) is 0 Å². The highest BCUT2D eigenvalue weighted by Crippen LogP contribution is 2.26. The molecule has 1 heterocycles. The highest BCUT2D eigenvalue weighted by molar-refractivity contribution is 5.82. The first kappa shape index (κ1) is 15.2. The van der Waals surface area contributed by atoms with Crippen LogP contribution in [-0.4, -0.2) is 36.5 Å². The minimum Gasteiger partial charge on any atom is -0.381 e. The highest BCUT2D eigenvalue weighted by Gasteiger charge is 2.18. The Morgan fingerprint density at radius 1 is 1.00 bits per heavy atom. The molecule has 1 saturated carbocycles. The van der Waals surface area contributed by atoms with Crippen molar-refractivity contribution < 1.29 is 4.79 Å². The average Bonchev–Trinajstić information content (AvgIpc) is 3.09. The van der Waals surface area contributed by atoms with E-state index in [4.69, 9.17) is 0 Å². The summed E-state index contributed by atoms with van der Waals surface area (Å²) in [6, 6.07) is 8.82. The Kier molecular flexibility index (Phi) is 5.20. The normalized spacial score (nSPS) is 19.2. The SMILES string of the molecule is O=C(CNc1ccccc1NC1CCCCC1)N1CCCC1. The molecule has 22 heavy (non-hydrogen) atoms. The molecule has 1 aliphatic carbocycles. The third-order valence-electron chi connectivity index (χ3n) is 4.78. The smallest absolute Gasteiger partial charge is 0.241 e. The number of likely N-dealkylation sites (tertiary alicyclic amines) is 1. The van der Waals surface area contributed by atoms with Crippen molar-refractivity contribution >= 4 is 17.3 Å². The van der Waals surface area contributed by atoms with Crippen LogP contribution in [0.25, 0.3) is 0 Å². The standard InChI is InChI=1S/C18H27N3O/c22-18(21-12-6-7-13-21)14-19-16-10-4-5-11-17(16)20-15-8-2-1-3-9-15/h4-5,10-11,15,19-20H,1-3,6-9,12-14H2. The molecule has 3 rings (SSSR count). The van der Waals surface area contributed by atoms with Crippen molar-refractivity contribution in [1.29, 1.82) is 0 Å². The van der Waals surface area contributed by atoms with Gasteiger partial charge in [-0.15, -0.1) is 0 Å². The molecule has 1 aromatic rings. The van der Waals surface area contributed by atoms with Crippen LogP contribution in [0, 0.1) is 0 Å². The van der Waals surface area contributed by atoms with Crippen molar-refractivity contribution in [3.8, 4) is 0 Å². The monoisotopic (exact) mass is 301 g/mol. The largest absolute Gasteiger partial charge is 0.381 e. The van der Waals surface area contributed by atoms with E-state index in [1.54, 1.807) is 0 Å². The Hall–Kier alpha value is -1.71. The maximum Gasteiger partial charge on any atom is 0.241 e. The van der Waals surface area contributed by atoms with Crippen molar-refractivity contribution in [3.63, 3.8) is 0 Å². The molecule has 2 aliphatic rings. The zero-order valence-electron chi connectivity index (χ0n) is 13.3. The second-order valence-corrected chi connectivity index (χ2v) is 6.47. The number of carbonyl (C=O) groups is 1. The summed E-state index contributed by atoms with van der Waals surface area (Å²) in [5, 5.41) is 6.98. The fraction of sp³-hybridized carbons (Fsp3) is 0.611. The quantitative estimate of drug-likeness (QED) is 0.875. The van der Waals surface area contributed by atoms with Gasteiger partial charge in [0.15, 0.2) is 0 Å². The lowest BCUT2D eigenvalue weighted by Gasteiger charge is -2.25. The van der Waals surface area contributed by atoms with Gasteiger partial charge >= 0.3 is 0 Å². The summed E-state index contributed by atoms with van der Waals surface area (Å²) in [6.45, 7) is 2.23. The predicted molar refractivity (Wildman–Crippen MR) is 91.2 cm³/mol. The number of nitrogens with zero attached hydrogens (tertiary/aromatic N) is 1. The van der Waals surface area contributed by atoms with Gasteiger partial charge in [-0.3, -0.25) is 4.79 Å². The van der Waals surface area contributed by atoms with E-state index in [1.807, 2.05) is 11.0 Å². The minimum atomic E-state index is 0.213. The van der Waals surface area contributed by atoms with Gasteiger partial charge in [0, 0.05) is 19.1 Å². The van der Waals surface area contributed by atoms with Crippen molar-refractivity contribution in [3.05, 3.63) is 24.3 Å². The fourth-order valence-corrected chi connectivity index (χ4v) is 3.48. The van der Waals surface area contributed by atoms with Crippen LogP contribution in [0.3, 0.4) is 0 Å². The Bertz CT molecular complexity index is 491. The molecule has 1 saturated heterocycles. The first-order chi connectivity index (χ1) is 10.8. The van der Waals surface area contributed by atoms with Crippen molar-refractivity contribution in [2.45, 2.75) is 51.0 Å². The van der Waals surface area contributed by atoms with Crippen LogP contribution in [0.15, 0.2) is 24.3 Å². The fourth-order valence-electron chi connectivity index (χ4n) is 3.48. The summed E-state index contributed by atoms with van der Waals surface area (Å²) in [7, 11) is 0. The minimum absolute atomic E-state index is 0.213. The summed E-state index contributed by atoms with van der Waals surface area (Å²) < 4.78 is 0. The van der Waals surface area contributed by atoms with E-state index in [2.05, 4.69) is 28.8 Å². The van der Waals surface area contributed by atoms with E-state index in [1.165, 1.54) is 32.1 Å². The zero-order chi connectivity index (χ0) is 15.2. The number of nitrogens with one attached hydrogen (secondary N) is 2. The van der Waals surface area contributed by atoms with Crippen LogP contribution in [0.5, 0.6) is 0 Å². The van der Waals surface area contributed by atoms with Crippen molar-refractivity contribution in [2.24, 2.45) is 0 Å². The predicted octanol–water partition coefficient (Wildman–Crippen LogP) is 3.47. The lowest BCUT2D eigenvalue weighted by Crippen LogP contribution is -2.33. The van der Waals surface area contributed by atoms with E-state index < -0.39 is 0 Å². The summed E-state index contributed by atoms with van der Waals surface area (Å²) >= 11 is 0. The number of benzene rings is 1. The number of para-hydroxylation sites is 2. The van der Waals surface area contributed by atoms with Gasteiger partial charge < -0.3 is 15.5 Å². The van der Waals surface area contributed by atoms with Gasteiger partial charge in [0.05, 0.1) is 17.9 Å². The molecule has 0 spiro atoms. The molecule has 4 heteroatoms. The molecular formula is C18H27N3O. The molecular weight excluding hydrogens is 274 g/mol. The molecule has 0 aromatic heterocycles. The van der Waals surface area contributed by atoms with Gasteiger partial charge in [0.25, 0.3) is 0 Å². The lowest BCUT2D eigenvalue weighted by atomic mass is 9.95. The first-order valence-electron chi connectivity index (χ1n) is 8.70. The molecule has 0 radical (unpaired) electrons. The first-order valence-corrected chi connectivity index (χ1v) is 8.70. The van der Waals surface area contributed by atoms with Crippen LogP contribution in [-0.2, 0) is 4.79 Å². The molecule has 120 valence electrons.